The van der Waals surface area contributed by atoms with Crippen LogP contribution in [-0.4, -0.2) is 24.1 Å². The van der Waals surface area contributed by atoms with Crippen molar-refractivity contribution in [1.29, 1.82) is 0 Å². The lowest BCUT2D eigenvalue weighted by Gasteiger charge is -2.27. The average Bonchev–Trinajstić information content (AvgIpc) is 2.49. The number of anilines is 1. The molecule has 0 bridgehead atoms. The number of carbonyl (C=O) groups excluding carboxylic acids is 1. The van der Waals surface area contributed by atoms with Gasteiger partial charge in [0, 0.05) is 18.4 Å². The third kappa shape index (κ3) is 3.82. The van der Waals surface area contributed by atoms with Crippen LogP contribution < -0.4 is 5.32 Å². The lowest BCUT2D eigenvalue weighted by Crippen LogP contribution is -2.36. The van der Waals surface area contributed by atoms with E-state index in [2.05, 4.69) is 5.32 Å². The molecular weight excluding hydrogens is 270 g/mol. The summed E-state index contributed by atoms with van der Waals surface area (Å²) in [4.78, 5) is 23.7. The van der Waals surface area contributed by atoms with Crippen molar-refractivity contribution >= 4 is 17.6 Å². The normalized spacial score (nSPS) is 21.8. The van der Waals surface area contributed by atoms with Crippen molar-refractivity contribution < 1.29 is 19.4 Å². The summed E-state index contributed by atoms with van der Waals surface area (Å²) in [7, 11) is 1.60. The second-order valence-electron chi connectivity index (χ2n) is 5.42. The van der Waals surface area contributed by atoms with E-state index < -0.39 is 17.8 Å². The van der Waals surface area contributed by atoms with Crippen molar-refractivity contribution in [2.45, 2.75) is 32.3 Å². The Hall–Kier alpha value is -1.88. The molecule has 2 rings (SSSR count). The van der Waals surface area contributed by atoms with Gasteiger partial charge in [-0.1, -0.05) is 31.0 Å². The number of hydrogen-bond acceptors (Lipinski definition) is 3. The zero-order chi connectivity index (χ0) is 15.2. The molecule has 0 saturated heterocycles. The first kappa shape index (κ1) is 15.5. The summed E-state index contributed by atoms with van der Waals surface area (Å²) < 4.78 is 5.11. The van der Waals surface area contributed by atoms with E-state index in [-0.39, 0.29) is 5.91 Å². The minimum Gasteiger partial charge on any atom is -0.481 e. The molecule has 21 heavy (non-hydrogen) atoms. The van der Waals surface area contributed by atoms with E-state index in [4.69, 9.17) is 4.74 Å². The molecule has 2 unspecified atom stereocenters. The standard InChI is InChI=1S/C16H21NO4/c1-21-10-11-6-2-5-9-14(11)17-15(18)12-7-3-4-8-13(12)16(19)20/h2,5-6,9,12-13H,3-4,7-8,10H2,1H3,(H,17,18)(H,19,20). The van der Waals surface area contributed by atoms with Crippen molar-refractivity contribution in [3.05, 3.63) is 29.8 Å². The number of rotatable bonds is 5. The van der Waals surface area contributed by atoms with Crippen LogP contribution >= 0.6 is 0 Å². The molecule has 1 saturated carbocycles. The van der Waals surface area contributed by atoms with Crippen molar-refractivity contribution in [3.8, 4) is 0 Å². The van der Waals surface area contributed by atoms with Crippen molar-refractivity contribution in [3.63, 3.8) is 0 Å². The summed E-state index contributed by atoms with van der Waals surface area (Å²) in [6, 6.07) is 7.41. The Kier molecular flexibility index (Phi) is 5.33. The average molecular weight is 291 g/mol. The smallest absolute Gasteiger partial charge is 0.307 e. The quantitative estimate of drug-likeness (QED) is 0.874. The molecule has 5 heteroatoms. The van der Waals surface area contributed by atoms with Gasteiger partial charge in [-0.25, -0.2) is 0 Å². The van der Waals surface area contributed by atoms with Gasteiger partial charge in [0.15, 0.2) is 0 Å². The Bertz CT molecular complexity index is 515. The van der Waals surface area contributed by atoms with Crippen molar-refractivity contribution in [2.75, 3.05) is 12.4 Å². The van der Waals surface area contributed by atoms with Gasteiger partial charge in [-0.3, -0.25) is 9.59 Å². The Balaban J connectivity index is 2.11. The first-order valence-electron chi connectivity index (χ1n) is 7.24. The summed E-state index contributed by atoms with van der Waals surface area (Å²) in [6.07, 6.45) is 2.99. The van der Waals surface area contributed by atoms with Gasteiger partial charge in [0.25, 0.3) is 0 Å². The topological polar surface area (TPSA) is 75.6 Å². The Morgan fingerprint density at radius 2 is 1.90 bits per heavy atom. The minimum absolute atomic E-state index is 0.203. The molecule has 0 spiro atoms. The van der Waals surface area contributed by atoms with Gasteiger partial charge in [-0.2, -0.15) is 0 Å². The van der Waals surface area contributed by atoms with Gasteiger partial charge < -0.3 is 15.2 Å². The predicted molar refractivity (Wildman–Crippen MR) is 78.9 cm³/mol. The van der Waals surface area contributed by atoms with Crippen LogP contribution in [0.25, 0.3) is 0 Å². The van der Waals surface area contributed by atoms with Crippen molar-refractivity contribution in [1.82, 2.24) is 0 Å². The number of para-hydroxylation sites is 1. The zero-order valence-corrected chi connectivity index (χ0v) is 12.2. The van der Waals surface area contributed by atoms with E-state index in [1.54, 1.807) is 7.11 Å². The van der Waals surface area contributed by atoms with Crippen molar-refractivity contribution in [2.24, 2.45) is 11.8 Å². The Morgan fingerprint density at radius 3 is 2.57 bits per heavy atom. The lowest BCUT2D eigenvalue weighted by atomic mass is 9.78. The van der Waals surface area contributed by atoms with Gasteiger partial charge >= 0.3 is 5.97 Å². The molecule has 1 aromatic carbocycles. The fraction of sp³-hybridized carbons (Fsp3) is 0.500. The number of carbonyl (C=O) groups is 2. The monoisotopic (exact) mass is 291 g/mol. The zero-order valence-electron chi connectivity index (χ0n) is 12.2. The Labute approximate surface area is 124 Å². The van der Waals surface area contributed by atoms with Crippen LogP contribution in [0.2, 0.25) is 0 Å². The van der Waals surface area contributed by atoms with E-state index in [0.717, 1.165) is 18.4 Å². The van der Waals surface area contributed by atoms with Crippen LogP contribution in [0.3, 0.4) is 0 Å². The molecule has 0 aromatic heterocycles. The summed E-state index contributed by atoms with van der Waals surface area (Å²) in [5.41, 5.74) is 1.58. The number of amides is 1. The van der Waals surface area contributed by atoms with Crippen LogP contribution in [0.1, 0.15) is 31.2 Å². The largest absolute Gasteiger partial charge is 0.481 e. The number of methoxy groups -OCH3 is 1. The molecule has 114 valence electrons. The minimum atomic E-state index is -0.875. The van der Waals surface area contributed by atoms with Gasteiger partial charge in [0.1, 0.15) is 0 Å². The van der Waals surface area contributed by atoms with E-state index in [0.29, 0.717) is 25.1 Å². The maximum absolute atomic E-state index is 12.4. The number of aliphatic carboxylic acids is 1. The van der Waals surface area contributed by atoms with E-state index >= 15 is 0 Å². The molecule has 1 aromatic rings. The summed E-state index contributed by atoms with van der Waals surface area (Å²) >= 11 is 0. The second-order valence-corrected chi connectivity index (χ2v) is 5.42. The van der Waals surface area contributed by atoms with Crippen LogP contribution in [0.5, 0.6) is 0 Å². The fourth-order valence-corrected chi connectivity index (χ4v) is 2.89. The molecule has 1 aliphatic rings. The fourth-order valence-electron chi connectivity index (χ4n) is 2.89. The number of ether oxygens (including phenoxy) is 1. The van der Waals surface area contributed by atoms with Crippen LogP contribution in [0.15, 0.2) is 24.3 Å². The molecule has 1 amide bonds. The summed E-state index contributed by atoms with van der Waals surface area (Å²) in [6.45, 7) is 0.406. The molecule has 2 atom stereocenters. The first-order chi connectivity index (χ1) is 10.1. The number of carboxylic acids is 1. The van der Waals surface area contributed by atoms with Gasteiger partial charge in [0.2, 0.25) is 5.91 Å². The number of carboxylic acid groups (broad SMARTS) is 1. The highest BCUT2D eigenvalue weighted by Crippen LogP contribution is 2.31. The van der Waals surface area contributed by atoms with E-state index in [1.807, 2.05) is 24.3 Å². The third-order valence-corrected chi connectivity index (χ3v) is 3.99. The van der Waals surface area contributed by atoms with Gasteiger partial charge in [-0.15, -0.1) is 0 Å². The maximum Gasteiger partial charge on any atom is 0.307 e. The molecule has 1 aliphatic carbocycles. The highest BCUT2D eigenvalue weighted by atomic mass is 16.5. The molecule has 0 aliphatic heterocycles. The second kappa shape index (κ2) is 7.22. The van der Waals surface area contributed by atoms with E-state index in [9.17, 15) is 14.7 Å². The summed E-state index contributed by atoms with van der Waals surface area (Å²) in [5.74, 6) is -2.11. The highest BCUT2D eigenvalue weighted by Gasteiger charge is 2.35. The van der Waals surface area contributed by atoms with Crippen LogP contribution in [-0.2, 0) is 20.9 Å². The third-order valence-electron chi connectivity index (χ3n) is 3.99. The maximum atomic E-state index is 12.4. The predicted octanol–water partition coefficient (Wildman–Crippen LogP) is 2.66. The molecule has 2 N–H and O–H groups in total. The molecule has 0 radical (unpaired) electrons. The molecule has 1 fully saturated rings. The Morgan fingerprint density at radius 1 is 1.24 bits per heavy atom. The van der Waals surface area contributed by atoms with Gasteiger partial charge in [-0.05, 0) is 18.9 Å². The molecular formula is C16H21NO4. The number of hydrogen-bond donors (Lipinski definition) is 2. The number of nitrogens with one attached hydrogen (secondary N) is 1. The number of benzene rings is 1. The lowest BCUT2D eigenvalue weighted by molar-refractivity contribution is -0.147. The highest BCUT2D eigenvalue weighted by molar-refractivity contribution is 5.95. The molecule has 5 nitrogen and oxygen atoms in total. The summed E-state index contributed by atoms with van der Waals surface area (Å²) in [5, 5.41) is 12.1. The van der Waals surface area contributed by atoms with Gasteiger partial charge in [0.05, 0.1) is 18.4 Å². The van der Waals surface area contributed by atoms with E-state index in [1.165, 1.54) is 0 Å². The van der Waals surface area contributed by atoms with Crippen LogP contribution in [0.4, 0.5) is 5.69 Å². The first-order valence-corrected chi connectivity index (χ1v) is 7.24. The van der Waals surface area contributed by atoms with Crippen LogP contribution in [0, 0.1) is 11.8 Å². The SMILES string of the molecule is COCc1ccccc1NC(=O)C1CCCCC1C(=O)O. The molecule has 0 heterocycles.